The van der Waals surface area contributed by atoms with E-state index in [1.54, 1.807) is 24.4 Å². The molecule has 0 amide bonds. The van der Waals surface area contributed by atoms with E-state index >= 15 is 0 Å². The lowest BCUT2D eigenvalue weighted by Crippen LogP contribution is -2.06. The highest BCUT2D eigenvalue weighted by Gasteiger charge is 2.11. The average Bonchev–Trinajstić information content (AvgIpc) is 2.39. The lowest BCUT2D eigenvalue weighted by molar-refractivity contribution is 0.172. The molecule has 0 aromatic carbocycles. The Kier molecular flexibility index (Phi) is 3.69. The highest BCUT2D eigenvalue weighted by Crippen LogP contribution is 2.19. The van der Waals surface area contributed by atoms with Crippen molar-refractivity contribution in [3.63, 3.8) is 0 Å². The van der Waals surface area contributed by atoms with Crippen molar-refractivity contribution in [2.45, 2.75) is 12.5 Å². The standard InChI is InChI=1S/C12H14N4O2/c1-18-12-6-9(15-7-16-12)10(17)4-8-2-3-14-11(13)5-8/h2-3,5-7,10,17H,4H2,1H3,(H2,13,14). The first kappa shape index (κ1) is 12.3. The summed E-state index contributed by atoms with van der Waals surface area (Å²) in [6.07, 6.45) is 2.65. The first-order chi connectivity index (χ1) is 8.69. The van der Waals surface area contributed by atoms with Gasteiger partial charge in [0.25, 0.3) is 0 Å². The second-order valence-corrected chi connectivity index (χ2v) is 3.79. The van der Waals surface area contributed by atoms with Crippen molar-refractivity contribution in [2.24, 2.45) is 0 Å². The number of nitrogens with zero attached hydrogens (tertiary/aromatic N) is 3. The van der Waals surface area contributed by atoms with Crippen molar-refractivity contribution < 1.29 is 9.84 Å². The molecule has 0 fully saturated rings. The number of methoxy groups -OCH3 is 1. The number of nitrogen functional groups attached to an aromatic ring is 1. The Morgan fingerprint density at radius 1 is 1.33 bits per heavy atom. The fourth-order valence-corrected chi connectivity index (χ4v) is 1.60. The number of aromatic nitrogens is 3. The van der Waals surface area contributed by atoms with Crippen LogP contribution < -0.4 is 10.5 Å². The predicted octanol–water partition coefficient (Wildman–Crippen LogP) is 0.739. The Labute approximate surface area is 104 Å². The van der Waals surface area contributed by atoms with Crippen LogP contribution in [0.5, 0.6) is 5.88 Å². The van der Waals surface area contributed by atoms with Crippen LogP contribution in [0.25, 0.3) is 0 Å². The average molecular weight is 246 g/mol. The minimum atomic E-state index is -0.733. The normalized spacial score (nSPS) is 12.1. The van der Waals surface area contributed by atoms with E-state index in [4.69, 9.17) is 10.5 Å². The number of nitrogens with two attached hydrogens (primary N) is 1. The third kappa shape index (κ3) is 2.92. The van der Waals surface area contributed by atoms with Crippen LogP contribution >= 0.6 is 0 Å². The van der Waals surface area contributed by atoms with Gasteiger partial charge < -0.3 is 15.6 Å². The van der Waals surface area contributed by atoms with Crippen LogP contribution in [0.3, 0.4) is 0 Å². The molecule has 0 aliphatic heterocycles. The maximum atomic E-state index is 10.1. The van der Waals surface area contributed by atoms with Crippen LogP contribution in [0.1, 0.15) is 17.4 Å². The smallest absolute Gasteiger partial charge is 0.216 e. The van der Waals surface area contributed by atoms with Crippen molar-refractivity contribution in [3.05, 3.63) is 42.0 Å². The zero-order valence-corrected chi connectivity index (χ0v) is 9.95. The van der Waals surface area contributed by atoms with E-state index < -0.39 is 6.10 Å². The Morgan fingerprint density at radius 3 is 2.89 bits per heavy atom. The van der Waals surface area contributed by atoms with Gasteiger partial charge in [-0.2, -0.15) is 0 Å². The van der Waals surface area contributed by atoms with Crippen molar-refractivity contribution >= 4 is 5.82 Å². The van der Waals surface area contributed by atoms with E-state index in [9.17, 15) is 5.11 Å². The summed E-state index contributed by atoms with van der Waals surface area (Å²) in [5, 5.41) is 10.1. The van der Waals surface area contributed by atoms with Gasteiger partial charge in [0, 0.05) is 18.7 Å². The van der Waals surface area contributed by atoms with Gasteiger partial charge in [0.2, 0.25) is 5.88 Å². The first-order valence-corrected chi connectivity index (χ1v) is 5.43. The molecule has 2 aromatic rings. The lowest BCUT2D eigenvalue weighted by atomic mass is 10.1. The number of ether oxygens (including phenoxy) is 1. The third-order valence-electron chi connectivity index (χ3n) is 2.49. The molecule has 0 bridgehead atoms. The molecule has 2 aromatic heterocycles. The van der Waals surface area contributed by atoms with Crippen LogP contribution in [0.15, 0.2) is 30.7 Å². The summed E-state index contributed by atoms with van der Waals surface area (Å²) >= 11 is 0. The summed E-state index contributed by atoms with van der Waals surface area (Å²) in [4.78, 5) is 11.8. The Balaban J connectivity index is 2.13. The molecule has 6 nitrogen and oxygen atoms in total. The van der Waals surface area contributed by atoms with Gasteiger partial charge in [-0.05, 0) is 17.7 Å². The summed E-state index contributed by atoms with van der Waals surface area (Å²) in [7, 11) is 1.52. The number of rotatable bonds is 4. The summed E-state index contributed by atoms with van der Waals surface area (Å²) in [6, 6.07) is 5.13. The maximum absolute atomic E-state index is 10.1. The molecular formula is C12H14N4O2. The summed E-state index contributed by atoms with van der Waals surface area (Å²) in [5.74, 6) is 0.855. The van der Waals surface area contributed by atoms with Crippen molar-refractivity contribution in [2.75, 3.05) is 12.8 Å². The largest absolute Gasteiger partial charge is 0.481 e. The lowest BCUT2D eigenvalue weighted by Gasteiger charge is -2.10. The zero-order valence-electron chi connectivity index (χ0n) is 9.95. The first-order valence-electron chi connectivity index (χ1n) is 5.43. The molecule has 94 valence electrons. The highest BCUT2D eigenvalue weighted by molar-refractivity contribution is 5.32. The minimum absolute atomic E-state index is 0.410. The van der Waals surface area contributed by atoms with Gasteiger partial charge in [-0.3, -0.25) is 0 Å². The number of pyridine rings is 1. The topological polar surface area (TPSA) is 94.2 Å². The van der Waals surface area contributed by atoms with Gasteiger partial charge in [0.15, 0.2) is 0 Å². The molecule has 2 rings (SSSR count). The minimum Gasteiger partial charge on any atom is -0.481 e. The monoisotopic (exact) mass is 246 g/mol. The van der Waals surface area contributed by atoms with Crippen molar-refractivity contribution in [1.29, 1.82) is 0 Å². The van der Waals surface area contributed by atoms with E-state index in [-0.39, 0.29) is 0 Å². The molecule has 18 heavy (non-hydrogen) atoms. The molecule has 3 N–H and O–H groups in total. The van der Waals surface area contributed by atoms with E-state index in [1.165, 1.54) is 13.4 Å². The van der Waals surface area contributed by atoms with Crippen LogP contribution in [0.2, 0.25) is 0 Å². The van der Waals surface area contributed by atoms with E-state index in [0.717, 1.165) is 5.56 Å². The van der Waals surface area contributed by atoms with Crippen molar-refractivity contribution in [3.8, 4) is 5.88 Å². The Hall–Kier alpha value is -2.21. The van der Waals surface area contributed by atoms with Gasteiger partial charge >= 0.3 is 0 Å². The van der Waals surface area contributed by atoms with E-state index in [0.29, 0.717) is 23.8 Å². The number of aliphatic hydroxyl groups is 1. The molecule has 0 saturated heterocycles. The molecule has 0 aliphatic rings. The predicted molar refractivity (Wildman–Crippen MR) is 65.9 cm³/mol. The van der Waals surface area contributed by atoms with E-state index in [1.807, 2.05) is 0 Å². The van der Waals surface area contributed by atoms with Gasteiger partial charge in [-0.1, -0.05) is 0 Å². The quantitative estimate of drug-likeness (QED) is 0.826. The van der Waals surface area contributed by atoms with Crippen LogP contribution in [-0.4, -0.2) is 27.2 Å². The van der Waals surface area contributed by atoms with Crippen LogP contribution in [-0.2, 0) is 6.42 Å². The molecule has 2 heterocycles. The van der Waals surface area contributed by atoms with Gasteiger partial charge in [-0.25, -0.2) is 15.0 Å². The molecule has 0 radical (unpaired) electrons. The molecule has 6 heteroatoms. The molecular weight excluding hydrogens is 232 g/mol. The molecule has 1 atom stereocenters. The summed E-state index contributed by atoms with van der Waals surface area (Å²) in [6.45, 7) is 0. The molecule has 0 spiro atoms. The molecule has 0 saturated carbocycles. The number of hydrogen-bond donors (Lipinski definition) is 2. The summed E-state index contributed by atoms with van der Waals surface area (Å²) < 4.78 is 4.98. The third-order valence-corrected chi connectivity index (χ3v) is 2.49. The maximum Gasteiger partial charge on any atom is 0.216 e. The summed E-state index contributed by atoms with van der Waals surface area (Å²) in [5.41, 5.74) is 6.99. The number of hydrogen-bond acceptors (Lipinski definition) is 6. The van der Waals surface area contributed by atoms with Crippen LogP contribution in [0.4, 0.5) is 5.82 Å². The van der Waals surface area contributed by atoms with Gasteiger partial charge in [0.1, 0.15) is 18.2 Å². The second-order valence-electron chi connectivity index (χ2n) is 3.79. The number of anilines is 1. The van der Waals surface area contributed by atoms with E-state index in [2.05, 4.69) is 15.0 Å². The molecule has 1 unspecified atom stereocenters. The van der Waals surface area contributed by atoms with Crippen molar-refractivity contribution in [1.82, 2.24) is 15.0 Å². The zero-order chi connectivity index (χ0) is 13.0. The van der Waals surface area contributed by atoms with Crippen LogP contribution in [0, 0.1) is 0 Å². The SMILES string of the molecule is COc1cc(C(O)Cc2ccnc(N)c2)ncn1. The highest BCUT2D eigenvalue weighted by atomic mass is 16.5. The van der Waals surface area contributed by atoms with Gasteiger partial charge in [-0.15, -0.1) is 0 Å². The molecule has 0 aliphatic carbocycles. The second kappa shape index (κ2) is 5.42. The Bertz CT molecular complexity index is 533. The van der Waals surface area contributed by atoms with Gasteiger partial charge in [0.05, 0.1) is 12.8 Å². The Morgan fingerprint density at radius 2 is 2.17 bits per heavy atom. The number of aliphatic hydroxyl groups excluding tert-OH is 1. The fourth-order valence-electron chi connectivity index (χ4n) is 1.60. The fraction of sp³-hybridized carbons (Fsp3) is 0.250.